The van der Waals surface area contributed by atoms with E-state index in [-0.39, 0.29) is 24.9 Å². The quantitative estimate of drug-likeness (QED) is 0.588. The Kier molecular flexibility index (Phi) is 7.76. The number of halogens is 5. The molecule has 0 spiro atoms. The van der Waals surface area contributed by atoms with E-state index in [0.717, 1.165) is 18.2 Å². The molecule has 1 aliphatic heterocycles. The van der Waals surface area contributed by atoms with Crippen LogP contribution in [0.5, 0.6) is 11.6 Å². The molecule has 0 aliphatic carbocycles. The SMILES string of the molecule is CC(C)[C@H](NC(=O)c1ccc(F)c(F)c1O)C(=O)N1CCC(Oc2ccc(C(F)(F)F)nn2)CC1. The number of nitrogens with one attached hydrogen (secondary N) is 1. The van der Waals surface area contributed by atoms with Gasteiger partial charge in [-0.3, -0.25) is 9.59 Å². The fourth-order valence-corrected chi connectivity index (χ4v) is 3.55. The smallest absolute Gasteiger partial charge is 0.435 e. The Balaban J connectivity index is 1.59. The van der Waals surface area contributed by atoms with Crippen molar-refractivity contribution in [2.24, 2.45) is 5.92 Å². The molecule has 1 aromatic carbocycles. The van der Waals surface area contributed by atoms with Gasteiger partial charge in [0.2, 0.25) is 17.6 Å². The van der Waals surface area contributed by atoms with Gasteiger partial charge in [-0.15, -0.1) is 10.2 Å². The van der Waals surface area contributed by atoms with Crippen LogP contribution in [0.1, 0.15) is 42.7 Å². The second-order valence-electron chi connectivity index (χ2n) is 8.35. The molecule has 0 saturated carbocycles. The minimum Gasteiger partial charge on any atom is -0.504 e. The molecule has 2 heterocycles. The van der Waals surface area contributed by atoms with Crippen molar-refractivity contribution in [3.05, 3.63) is 47.2 Å². The first-order valence-corrected chi connectivity index (χ1v) is 10.7. The average Bonchev–Trinajstić information content (AvgIpc) is 2.80. The zero-order valence-corrected chi connectivity index (χ0v) is 18.8. The summed E-state index contributed by atoms with van der Waals surface area (Å²) in [6.45, 7) is 3.86. The van der Waals surface area contributed by atoms with E-state index in [2.05, 4.69) is 15.5 Å². The summed E-state index contributed by atoms with van der Waals surface area (Å²) in [6, 6.07) is 2.45. The highest BCUT2D eigenvalue weighted by atomic mass is 19.4. The van der Waals surface area contributed by atoms with Gasteiger partial charge in [0.1, 0.15) is 12.1 Å². The third-order valence-electron chi connectivity index (χ3n) is 5.50. The Bertz CT molecular complexity index is 1070. The molecule has 1 atom stereocenters. The lowest BCUT2D eigenvalue weighted by Crippen LogP contribution is -2.53. The largest absolute Gasteiger partial charge is 0.504 e. The summed E-state index contributed by atoms with van der Waals surface area (Å²) < 4.78 is 70.2. The molecular weight excluding hydrogens is 479 g/mol. The monoisotopic (exact) mass is 502 g/mol. The molecule has 35 heavy (non-hydrogen) atoms. The molecule has 1 aromatic heterocycles. The van der Waals surface area contributed by atoms with Crippen molar-refractivity contribution in [1.82, 2.24) is 20.4 Å². The Hall–Kier alpha value is -3.51. The van der Waals surface area contributed by atoms with Gasteiger partial charge in [0.05, 0.1) is 5.56 Å². The number of alkyl halides is 3. The van der Waals surface area contributed by atoms with Gasteiger partial charge in [-0.1, -0.05) is 13.8 Å². The molecule has 13 heteroatoms. The fraction of sp³-hybridized carbons (Fsp3) is 0.455. The van der Waals surface area contributed by atoms with E-state index in [1.165, 1.54) is 4.90 Å². The van der Waals surface area contributed by atoms with E-state index in [1.54, 1.807) is 13.8 Å². The standard InChI is InChI=1S/C22H23F5N4O4/c1-11(2)18(28-20(33)13-3-4-14(23)17(24)19(13)32)21(34)31-9-7-12(8-10-31)35-16-6-5-15(29-30-16)22(25,26)27/h3-6,11-12,18,32H,7-10H2,1-2H3,(H,28,33)/t18-/m0/s1. The number of hydrogen-bond acceptors (Lipinski definition) is 6. The highest BCUT2D eigenvalue weighted by Crippen LogP contribution is 2.28. The molecular formula is C22H23F5N4O4. The summed E-state index contributed by atoms with van der Waals surface area (Å²) in [6.07, 6.45) is -4.30. The number of carbonyl (C=O) groups is 2. The summed E-state index contributed by atoms with van der Waals surface area (Å²) in [7, 11) is 0. The van der Waals surface area contributed by atoms with Gasteiger partial charge >= 0.3 is 6.18 Å². The topological polar surface area (TPSA) is 105 Å². The lowest BCUT2D eigenvalue weighted by Gasteiger charge is -2.35. The molecule has 3 rings (SSSR count). The highest BCUT2D eigenvalue weighted by molar-refractivity contribution is 5.99. The van der Waals surface area contributed by atoms with Crippen LogP contribution < -0.4 is 10.1 Å². The first kappa shape index (κ1) is 26.1. The Labute approximate surface area is 197 Å². The van der Waals surface area contributed by atoms with Crippen molar-refractivity contribution < 1.29 is 41.4 Å². The molecule has 1 aliphatic rings. The summed E-state index contributed by atoms with van der Waals surface area (Å²) in [5, 5.41) is 18.7. The highest BCUT2D eigenvalue weighted by Gasteiger charge is 2.34. The van der Waals surface area contributed by atoms with Gasteiger partial charge in [-0.05, 0) is 24.1 Å². The Morgan fingerprint density at radius 1 is 1.11 bits per heavy atom. The number of rotatable bonds is 6. The van der Waals surface area contributed by atoms with Crippen molar-refractivity contribution in [1.29, 1.82) is 0 Å². The molecule has 1 fully saturated rings. The number of phenols is 1. The number of ether oxygens (including phenoxy) is 1. The van der Waals surface area contributed by atoms with Crippen LogP contribution in [-0.2, 0) is 11.0 Å². The molecule has 8 nitrogen and oxygen atoms in total. The number of phenolic OH excluding ortho intramolecular Hbond substituents is 1. The van der Waals surface area contributed by atoms with Crippen LogP contribution in [0.2, 0.25) is 0 Å². The molecule has 2 amide bonds. The Morgan fingerprint density at radius 3 is 2.31 bits per heavy atom. The summed E-state index contributed by atoms with van der Waals surface area (Å²) in [5.74, 6) is -5.82. The molecule has 0 bridgehead atoms. The number of aromatic nitrogens is 2. The van der Waals surface area contributed by atoms with E-state index in [0.29, 0.717) is 18.9 Å². The van der Waals surface area contributed by atoms with Crippen LogP contribution in [-0.4, -0.2) is 57.3 Å². The van der Waals surface area contributed by atoms with Gasteiger partial charge in [0.25, 0.3) is 5.91 Å². The van der Waals surface area contributed by atoms with Gasteiger partial charge in [0, 0.05) is 32.0 Å². The number of piperidine rings is 1. The van der Waals surface area contributed by atoms with Crippen molar-refractivity contribution >= 4 is 11.8 Å². The molecule has 1 saturated heterocycles. The summed E-state index contributed by atoms with van der Waals surface area (Å²) >= 11 is 0. The van der Waals surface area contributed by atoms with E-state index in [1.807, 2.05) is 0 Å². The number of likely N-dealkylation sites (tertiary alicyclic amines) is 1. The van der Waals surface area contributed by atoms with E-state index in [9.17, 15) is 36.6 Å². The Morgan fingerprint density at radius 2 is 1.77 bits per heavy atom. The lowest BCUT2D eigenvalue weighted by molar-refractivity contribution is -0.141. The third kappa shape index (κ3) is 6.14. The van der Waals surface area contributed by atoms with Crippen LogP contribution in [0.4, 0.5) is 22.0 Å². The third-order valence-corrected chi connectivity index (χ3v) is 5.50. The second kappa shape index (κ2) is 10.4. The number of hydrogen-bond donors (Lipinski definition) is 2. The van der Waals surface area contributed by atoms with Crippen LogP contribution in [0.25, 0.3) is 0 Å². The lowest BCUT2D eigenvalue weighted by atomic mass is 9.99. The fourth-order valence-electron chi connectivity index (χ4n) is 3.55. The minimum absolute atomic E-state index is 0.0681. The van der Waals surface area contributed by atoms with Gasteiger partial charge in [-0.2, -0.15) is 17.6 Å². The van der Waals surface area contributed by atoms with Crippen molar-refractivity contribution in [2.45, 2.75) is 45.0 Å². The second-order valence-corrected chi connectivity index (χ2v) is 8.35. The van der Waals surface area contributed by atoms with Crippen molar-refractivity contribution in [3.63, 3.8) is 0 Å². The maximum absolute atomic E-state index is 13.6. The predicted octanol–water partition coefficient (Wildman–Crippen LogP) is 3.30. The molecule has 0 radical (unpaired) electrons. The van der Waals surface area contributed by atoms with Crippen LogP contribution in [0.3, 0.4) is 0 Å². The zero-order chi connectivity index (χ0) is 25.9. The van der Waals surface area contributed by atoms with Crippen LogP contribution >= 0.6 is 0 Å². The maximum atomic E-state index is 13.6. The maximum Gasteiger partial charge on any atom is 0.435 e. The zero-order valence-electron chi connectivity index (χ0n) is 18.8. The molecule has 190 valence electrons. The van der Waals surface area contributed by atoms with Gasteiger partial charge in [0.15, 0.2) is 17.3 Å². The predicted molar refractivity (Wildman–Crippen MR) is 111 cm³/mol. The van der Waals surface area contributed by atoms with Crippen LogP contribution in [0.15, 0.2) is 24.3 Å². The number of benzene rings is 1. The van der Waals surface area contributed by atoms with Crippen LogP contribution in [0, 0.1) is 17.6 Å². The van der Waals surface area contributed by atoms with Gasteiger partial charge < -0.3 is 20.1 Å². The first-order valence-electron chi connectivity index (χ1n) is 10.7. The number of carbonyl (C=O) groups excluding carboxylic acids is 2. The summed E-state index contributed by atoms with van der Waals surface area (Å²) in [5.41, 5.74) is -1.64. The number of nitrogens with zero attached hydrogens (tertiary/aromatic N) is 3. The van der Waals surface area contributed by atoms with E-state index >= 15 is 0 Å². The van der Waals surface area contributed by atoms with E-state index < -0.39 is 58.8 Å². The van der Waals surface area contributed by atoms with E-state index in [4.69, 9.17) is 4.74 Å². The molecule has 2 aromatic rings. The average molecular weight is 502 g/mol. The minimum atomic E-state index is -4.61. The molecule has 2 N–H and O–H groups in total. The normalized spacial score (nSPS) is 15.7. The van der Waals surface area contributed by atoms with Crippen molar-refractivity contribution in [3.8, 4) is 11.6 Å². The first-order chi connectivity index (χ1) is 16.4. The number of aromatic hydroxyl groups is 1. The van der Waals surface area contributed by atoms with Gasteiger partial charge in [-0.25, -0.2) is 4.39 Å². The number of amides is 2. The van der Waals surface area contributed by atoms with Crippen molar-refractivity contribution in [2.75, 3.05) is 13.1 Å². The summed E-state index contributed by atoms with van der Waals surface area (Å²) in [4.78, 5) is 27.1. The molecule has 0 unspecified atom stereocenters.